The van der Waals surface area contributed by atoms with Gasteiger partial charge in [0.25, 0.3) is 0 Å². The summed E-state index contributed by atoms with van der Waals surface area (Å²) in [4.78, 5) is 65.5. The van der Waals surface area contributed by atoms with Crippen LogP contribution in [-0.2, 0) is 30.4 Å². The third-order valence-corrected chi connectivity index (χ3v) is 5.82. The van der Waals surface area contributed by atoms with Crippen molar-refractivity contribution in [1.29, 1.82) is 0 Å². The van der Waals surface area contributed by atoms with Gasteiger partial charge in [-0.1, -0.05) is 26.0 Å². The number of carbonyl (C=O) groups is 5. The summed E-state index contributed by atoms with van der Waals surface area (Å²) in [6.07, 6.45) is -0.453. The highest BCUT2D eigenvalue weighted by atomic mass is 16.4. The first kappa shape index (κ1) is 33.6. The van der Waals surface area contributed by atoms with Crippen LogP contribution >= 0.6 is 0 Å². The fourth-order valence-electron chi connectivity index (χ4n) is 3.61. The molecule has 15 heteroatoms. The maximum atomic E-state index is 13.2. The number of carbonyl (C=O) groups excluding carboxylic acids is 3. The van der Waals surface area contributed by atoms with Crippen LogP contribution in [0.2, 0.25) is 0 Å². The molecule has 0 spiro atoms. The van der Waals surface area contributed by atoms with Crippen molar-refractivity contribution in [3.63, 3.8) is 0 Å². The second kappa shape index (κ2) is 16.5. The molecule has 1 rings (SSSR count). The number of aromatic hydroxyl groups is 1. The molecule has 40 heavy (non-hydrogen) atoms. The number of nitrogens with zero attached hydrogens (tertiary/aromatic N) is 1. The predicted octanol–water partition coefficient (Wildman–Crippen LogP) is -1.62. The summed E-state index contributed by atoms with van der Waals surface area (Å²) in [5, 5.41) is 35.3. The summed E-state index contributed by atoms with van der Waals surface area (Å²) < 4.78 is 0. The van der Waals surface area contributed by atoms with Crippen LogP contribution < -0.4 is 33.2 Å². The van der Waals surface area contributed by atoms with E-state index in [0.717, 1.165) is 0 Å². The maximum Gasteiger partial charge on any atom is 0.326 e. The Kier molecular flexibility index (Phi) is 13.9. The number of hydrogen-bond donors (Lipinski definition) is 9. The fraction of sp³-hybridized carbons (Fsp3) is 0.520. The molecule has 0 saturated heterocycles. The molecule has 1 aromatic carbocycles. The third kappa shape index (κ3) is 12.4. The van der Waals surface area contributed by atoms with Crippen LogP contribution in [0.15, 0.2) is 29.3 Å². The van der Waals surface area contributed by atoms with Crippen molar-refractivity contribution in [2.45, 2.75) is 70.1 Å². The molecule has 0 bridgehead atoms. The standard InChI is InChI=1S/C25H39N7O8/c1-13(2)20(24(39)40)32-23(38)17(4-3-11-29-25(27)28)31-22(37)18(9-10-19(34)35)30-21(36)16(26)12-14-5-7-15(33)8-6-14/h5-8,13,16-18,20,33H,3-4,9-12,26H2,1-2H3,(H,30,36)(H,31,37)(H,32,38)(H,34,35)(H,39,40)(H4,27,28,29). The summed E-state index contributed by atoms with van der Waals surface area (Å²) in [5.41, 5.74) is 17.2. The Morgan fingerprint density at radius 1 is 0.875 bits per heavy atom. The van der Waals surface area contributed by atoms with Gasteiger partial charge in [-0.25, -0.2) is 4.79 Å². The number of guanidine groups is 1. The van der Waals surface area contributed by atoms with Gasteiger partial charge in [-0.2, -0.15) is 0 Å². The number of aliphatic imine (C=N–C) groups is 1. The van der Waals surface area contributed by atoms with Gasteiger partial charge < -0.3 is 48.5 Å². The highest BCUT2D eigenvalue weighted by Gasteiger charge is 2.31. The summed E-state index contributed by atoms with van der Waals surface area (Å²) in [5.74, 6) is -5.45. The van der Waals surface area contributed by atoms with Crippen molar-refractivity contribution < 1.29 is 39.3 Å². The van der Waals surface area contributed by atoms with Gasteiger partial charge in [-0.15, -0.1) is 0 Å². The van der Waals surface area contributed by atoms with E-state index in [4.69, 9.17) is 22.3 Å². The Hall–Kier alpha value is -4.40. The van der Waals surface area contributed by atoms with E-state index in [-0.39, 0.29) is 43.9 Å². The van der Waals surface area contributed by atoms with E-state index in [2.05, 4.69) is 20.9 Å². The first-order valence-electron chi connectivity index (χ1n) is 12.7. The Morgan fingerprint density at radius 2 is 1.43 bits per heavy atom. The van der Waals surface area contributed by atoms with E-state index < -0.39 is 66.2 Å². The van der Waals surface area contributed by atoms with Gasteiger partial charge in [0.2, 0.25) is 17.7 Å². The number of benzene rings is 1. The first-order valence-corrected chi connectivity index (χ1v) is 12.7. The van der Waals surface area contributed by atoms with Crippen molar-refractivity contribution >= 4 is 35.6 Å². The van der Waals surface area contributed by atoms with E-state index >= 15 is 0 Å². The van der Waals surface area contributed by atoms with Crippen LogP contribution in [0.3, 0.4) is 0 Å². The lowest BCUT2D eigenvalue weighted by Crippen LogP contribution is -2.57. The quantitative estimate of drug-likeness (QED) is 0.0587. The normalized spacial score (nSPS) is 13.8. The summed E-state index contributed by atoms with van der Waals surface area (Å²) in [7, 11) is 0. The maximum absolute atomic E-state index is 13.2. The lowest BCUT2D eigenvalue weighted by Gasteiger charge is -2.26. The lowest BCUT2D eigenvalue weighted by atomic mass is 10.0. The smallest absolute Gasteiger partial charge is 0.326 e. The van der Waals surface area contributed by atoms with Crippen LogP contribution in [0, 0.1) is 5.92 Å². The number of rotatable bonds is 17. The molecule has 12 N–H and O–H groups in total. The average molecular weight is 566 g/mol. The number of carboxylic acid groups (broad SMARTS) is 2. The molecule has 1 aromatic rings. The Bertz CT molecular complexity index is 1060. The van der Waals surface area contributed by atoms with Gasteiger partial charge in [-0.05, 0) is 49.3 Å². The third-order valence-electron chi connectivity index (χ3n) is 5.82. The topological polar surface area (TPSA) is 273 Å². The highest BCUT2D eigenvalue weighted by molar-refractivity contribution is 5.94. The predicted molar refractivity (Wildman–Crippen MR) is 145 cm³/mol. The number of aliphatic carboxylic acids is 2. The zero-order valence-electron chi connectivity index (χ0n) is 22.5. The van der Waals surface area contributed by atoms with E-state index in [9.17, 15) is 34.2 Å². The van der Waals surface area contributed by atoms with Gasteiger partial charge in [0.1, 0.15) is 23.9 Å². The van der Waals surface area contributed by atoms with Gasteiger partial charge in [0.15, 0.2) is 5.96 Å². The van der Waals surface area contributed by atoms with Gasteiger partial charge in [0.05, 0.1) is 6.04 Å². The molecule has 0 aliphatic heterocycles. The van der Waals surface area contributed by atoms with Crippen molar-refractivity contribution in [2.75, 3.05) is 6.54 Å². The molecule has 0 heterocycles. The largest absolute Gasteiger partial charge is 0.508 e. The number of carboxylic acids is 2. The SMILES string of the molecule is CC(C)C(NC(=O)C(CCCN=C(N)N)NC(=O)C(CCC(=O)O)NC(=O)C(N)Cc1ccc(O)cc1)C(=O)O. The van der Waals surface area contributed by atoms with Crippen molar-refractivity contribution in [2.24, 2.45) is 28.1 Å². The molecular formula is C25H39N7O8. The highest BCUT2D eigenvalue weighted by Crippen LogP contribution is 2.11. The monoisotopic (exact) mass is 565 g/mol. The molecular weight excluding hydrogens is 526 g/mol. The number of phenols is 1. The average Bonchev–Trinajstić information content (AvgIpc) is 2.86. The van der Waals surface area contributed by atoms with Crippen molar-refractivity contribution in [3.8, 4) is 5.75 Å². The number of phenolic OH excluding ortho intramolecular Hbond substituents is 1. The first-order chi connectivity index (χ1) is 18.7. The van der Waals surface area contributed by atoms with E-state index in [1.54, 1.807) is 26.0 Å². The molecule has 0 saturated carbocycles. The van der Waals surface area contributed by atoms with Crippen LogP contribution in [-0.4, -0.2) is 81.7 Å². The summed E-state index contributed by atoms with van der Waals surface area (Å²) in [6, 6.07) is 1.07. The zero-order valence-corrected chi connectivity index (χ0v) is 22.5. The van der Waals surface area contributed by atoms with E-state index in [1.807, 2.05) is 0 Å². The molecule has 0 aromatic heterocycles. The van der Waals surface area contributed by atoms with Crippen molar-refractivity contribution in [3.05, 3.63) is 29.8 Å². The summed E-state index contributed by atoms with van der Waals surface area (Å²) in [6.45, 7) is 3.33. The van der Waals surface area contributed by atoms with Crippen molar-refractivity contribution in [1.82, 2.24) is 16.0 Å². The summed E-state index contributed by atoms with van der Waals surface area (Å²) >= 11 is 0. The Labute approximate surface area is 231 Å². The lowest BCUT2D eigenvalue weighted by molar-refractivity contribution is -0.143. The fourth-order valence-corrected chi connectivity index (χ4v) is 3.61. The minimum Gasteiger partial charge on any atom is -0.508 e. The Morgan fingerprint density at radius 3 is 1.95 bits per heavy atom. The van der Waals surface area contributed by atoms with Crippen LogP contribution in [0.5, 0.6) is 5.75 Å². The van der Waals surface area contributed by atoms with E-state index in [0.29, 0.717) is 5.56 Å². The minimum absolute atomic E-state index is 0.0126. The van der Waals surface area contributed by atoms with Gasteiger partial charge in [0, 0.05) is 13.0 Å². The van der Waals surface area contributed by atoms with Crippen LogP contribution in [0.25, 0.3) is 0 Å². The second-order valence-corrected chi connectivity index (χ2v) is 9.55. The molecule has 222 valence electrons. The molecule has 4 atom stereocenters. The number of nitrogens with two attached hydrogens (primary N) is 3. The minimum atomic E-state index is -1.36. The van der Waals surface area contributed by atoms with Gasteiger partial charge >= 0.3 is 11.9 Å². The Balaban J connectivity index is 3.06. The zero-order chi connectivity index (χ0) is 30.4. The molecule has 3 amide bonds. The van der Waals surface area contributed by atoms with Crippen LogP contribution in [0.1, 0.15) is 45.1 Å². The van der Waals surface area contributed by atoms with Gasteiger partial charge in [-0.3, -0.25) is 24.2 Å². The molecule has 4 unspecified atom stereocenters. The molecule has 0 fully saturated rings. The van der Waals surface area contributed by atoms with E-state index in [1.165, 1.54) is 12.1 Å². The number of amides is 3. The number of hydrogen-bond acceptors (Lipinski definition) is 8. The molecule has 15 nitrogen and oxygen atoms in total. The number of nitrogens with one attached hydrogen (secondary N) is 3. The molecule has 0 aliphatic rings. The molecule has 0 radical (unpaired) electrons. The van der Waals surface area contributed by atoms with Crippen LogP contribution in [0.4, 0.5) is 0 Å². The molecule has 0 aliphatic carbocycles. The second-order valence-electron chi connectivity index (χ2n) is 9.55.